The molecule has 1 N–H and O–H groups in total. The molecule has 1 aliphatic heterocycles. The summed E-state index contributed by atoms with van der Waals surface area (Å²) in [5.74, 6) is 0.384. The van der Waals surface area contributed by atoms with Crippen molar-refractivity contribution in [2.24, 2.45) is 0 Å². The predicted octanol–water partition coefficient (Wildman–Crippen LogP) is 2.78. The minimum Gasteiger partial charge on any atom is -0.493 e. The summed E-state index contributed by atoms with van der Waals surface area (Å²) < 4.78 is 45.9. The molecule has 1 amide bonds. The number of hydrogen-bond donors (Lipinski definition) is 1. The Balaban J connectivity index is 0.00000342. The Hall–Kier alpha value is -3.73. The van der Waals surface area contributed by atoms with Gasteiger partial charge in [-0.1, -0.05) is 0 Å². The van der Waals surface area contributed by atoms with Crippen LogP contribution in [0.3, 0.4) is 0 Å². The van der Waals surface area contributed by atoms with Crippen molar-refractivity contribution in [3.8, 4) is 5.75 Å². The molecule has 0 aliphatic carbocycles. The normalized spacial score (nSPS) is 14.0. The van der Waals surface area contributed by atoms with Gasteiger partial charge in [-0.15, -0.1) is 0 Å². The number of ether oxygens (including phenoxy) is 1. The first-order valence-electron chi connectivity index (χ1n) is 10.7. The smallest absolute Gasteiger partial charge is 0.263 e. The van der Waals surface area contributed by atoms with E-state index in [4.69, 9.17) is 4.74 Å². The fourth-order valence-corrected chi connectivity index (χ4v) is 4.55. The third-order valence-electron chi connectivity index (χ3n) is 5.36. The molecule has 0 atom stereocenters. The number of nitrogens with zero attached hydrogens (tertiary/aromatic N) is 4. The highest BCUT2D eigenvalue weighted by atomic mass is 32.2. The van der Waals surface area contributed by atoms with Gasteiger partial charge in [0, 0.05) is 39.5 Å². The van der Waals surface area contributed by atoms with Crippen LogP contribution in [0.4, 0.5) is 15.9 Å². The van der Waals surface area contributed by atoms with Crippen molar-refractivity contribution < 1.29 is 23.8 Å². The SMILES string of the molecule is O=C(CCOc1ccc(F)cc1)N1CCN(c2ccc(S(=O)(=O)Nc3ccncn3)cc2)CC1.[HH]. The maximum absolute atomic E-state index is 12.9. The minimum absolute atomic E-state index is 0. The van der Waals surface area contributed by atoms with E-state index in [-0.39, 0.29) is 36.9 Å². The molecule has 1 fully saturated rings. The van der Waals surface area contributed by atoms with Crippen LogP contribution in [0.1, 0.15) is 7.85 Å². The van der Waals surface area contributed by atoms with Crippen LogP contribution >= 0.6 is 0 Å². The quantitative estimate of drug-likeness (QED) is 0.521. The van der Waals surface area contributed by atoms with E-state index in [1.165, 1.54) is 42.9 Å². The summed E-state index contributed by atoms with van der Waals surface area (Å²) in [6, 6.07) is 13.8. The highest BCUT2D eigenvalue weighted by Gasteiger charge is 2.22. The molecule has 1 aliphatic rings. The van der Waals surface area contributed by atoms with E-state index >= 15 is 0 Å². The number of anilines is 2. The monoisotopic (exact) mass is 487 g/mol. The Morgan fingerprint density at radius 2 is 1.74 bits per heavy atom. The number of sulfonamides is 1. The van der Waals surface area contributed by atoms with Gasteiger partial charge in [-0.2, -0.15) is 0 Å². The second-order valence-electron chi connectivity index (χ2n) is 7.61. The van der Waals surface area contributed by atoms with Crippen molar-refractivity contribution in [1.29, 1.82) is 0 Å². The zero-order valence-corrected chi connectivity index (χ0v) is 19.1. The molecule has 0 spiro atoms. The van der Waals surface area contributed by atoms with Crippen molar-refractivity contribution in [2.45, 2.75) is 11.3 Å². The first-order valence-corrected chi connectivity index (χ1v) is 12.2. The van der Waals surface area contributed by atoms with E-state index in [0.717, 1.165) is 5.69 Å². The molecule has 9 nitrogen and oxygen atoms in total. The highest BCUT2D eigenvalue weighted by molar-refractivity contribution is 7.92. The van der Waals surface area contributed by atoms with Crippen molar-refractivity contribution in [2.75, 3.05) is 42.4 Å². The van der Waals surface area contributed by atoms with Gasteiger partial charge in [-0.3, -0.25) is 9.52 Å². The number of halogens is 1. The standard InChI is InChI=1S/C23H24FN5O4S.H2/c24-18-1-5-20(6-2-18)33-16-10-23(30)29-14-12-28(13-15-29)19-3-7-21(8-4-19)34(31,32)27-22-9-11-25-17-26-22;/h1-9,11,17H,10,12-16H2,(H,25,26,27);1H. The molecule has 11 heteroatoms. The molecular weight excluding hydrogens is 461 g/mol. The van der Waals surface area contributed by atoms with Crippen LogP contribution in [-0.4, -0.2) is 62.0 Å². The predicted molar refractivity (Wildman–Crippen MR) is 127 cm³/mol. The van der Waals surface area contributed by atoms with Gasteiger partial charge in [0.1, 0.15) is 23.7 Å². The fraction of sp³-hybridized carbons (Fsp3) is 0.261. The lowest BCUT2D eigenvalue weighted by Crippen LogP contribution is -2.49. The number of nitrogens with one attached hydrogen (secondary N) is 1. The third kappa shape index (κ3) is 5.98. The van der Waals surface area contributed by atoms with Crippen LogP contribution in [-0.2, 0) is 14.8 Å². The van der Waals surface area contributed by atoms with Gasteiger partial charge in [0.2, 0.25) is 5.91 Å². The zero-order chi connectivity index (χ0) is 24.0. The number of rotatable bonds is 8. The maximum atomic E-state index is 12.9. The number of benzene rings is 2. The molecule has 0 radical (unpaired) electrons. The van der Waals surface area contributed by atoms with Crippen LogP contribution < -0.4 is 14.4 Å². The molecule has 180 valence electrons. The molecule has 2 heterocycles. The third-order valence-corrected chi connectivity index (χ3v) is 6.73. The second kappa shape index (κ2) is 10.5. The first kappa shape index (κ1) is 23.4. The topological polar surface area (TPSA) is 105 Å². The number of amides is 1. The molecular formula is C23H26FN5O4S. The summed E-state index contributed by atoms with van der Waals surface area (Å²) in [4.78, 5) is 24.1. The van der Waals surface area contributed by atoms with Gasteiger partial charge in [0.25, 0.3) is 10.0 Å². The zero-order valence-electron chi connectivity index (χ0n) is 18.3. The van der Waals surface area contributed by atoms with E-state index in [1.807, 2.05) is 0 Å². The van der Waals surface area contributed by atoms with Crippen molar-refractivity contribution in [3.05, 3.63) is 72.9 Å². The van der Waals surface area contributed by atoms with E-state index < -0.39 is 10.0 Å². The van der Waals surface area contributed by atoms with Crippen LogP contribution in [0, 0.1) is 5.82 Å². The number of piperazine rings is 1. The Kier molecular flexibility index (Phi) is 7.21. The van der Waals surface area contributed by atoms with E-state index in [2.05, 4.69) is 19.6 Å². The minimum atomic E-state index is -3.75. The lowest BCUT2D eigenvalue weighted by atomic mass is 10.2. The van der Waals surface area contributed by atoms with Crippen LogP contribution in [0.5, 0.6) is 5.75 Å². The first-order chi connectivity index (χ1) is 16.4. The second-order valence-corrected chi connectivity index (χ2v) is 9.30. The summed E-state index contributed by atoms with van der Waals surface area (Å²) >= 11 is 0. The molecule has 4 rings (SSSR count). The van der Waals surface area contributed by atoms with Crippen molar-refractivity contribution >= 4 is 27.4 Å². The van der Waals surface area contributed by atoms with Crippen LogP contribution in [0.15, 0.2) is 72.0 Å². The number of aromatic nitrogens is 2. The Bertz CT molecular complexity index is 1210. The Labute approximate surface area is 198 Å². The van der Waals surface area contributed by atoms with Crippen LogP contribution in [0.25, 0.3) is 0 Å². The van der Waals surface area contributed by atoms with Crippen LogP contribution in [0.2, 0.25) is 0 Å². The molecule has 34 heavy (non-hydrogen) atoms. The molecule has 1 saturated heterocycles. The van der Waals surface area contributed by atoms with Gasteiger partial charge in [-0.05, 0) is 54.6 Å². The molecule has 1 aromatic heterocycles. The highest BCUT2D eigenvalue weighted by Crippen LogP contribution is 2.21. The molecule has 3 aromatic rings. The van der Waals surface area contributed by atoms with E-state index in [9.17, 15) is 17.6 Å². The summed E-state index contributed by atoms with van der Waals surface area (Å²) in [6.45, 7) is 2.62. The fourth-order valence-electron chi connectivity index (χ4n) is 3.54. The summed E-state index contributed by atoms with van der Waals surface area (Å²) in [5.41, 5.74) is 0.882. The van der Waals surface area contributed by atoms with Gasteiger partial charge in [0.05, 0.1) is 17.9 Å². The largest absolute Gasteiger partial charge is 0.493 e. The Morgan fingerprint density at radius 1 is 1.03 bits per heavy atom. The van der Waals surface area contributed by atoms with Crippen molar-refractivity contribution in [3.63, 3.8) is 0 Å². The van der Waals surface area contributed by atoms with Gasteiger partial charge in [0.15, 0.2) is 0 Å². The number of hydrogen-bond acceptors (Lipinski definition) is 7. The molecule has 0 unspecified atom stereocenters. The van der Waals surface area contributed by atoms with Gasteiger partial charge in [-0.25, -0.2) is 22.8 Å². The molecule has 0 saturated carbocycles. The van der Waals surface area contributed by atoms with Gasteiger partial charge >= 0.3 is 0 Å². The maximum Gasteiger partial charge on any atom is 0.263 e. The molecule has 2 aromatic carbocycles. The summed E-state index contributed by atoms with van der Waals surface area (Å²) in [7, 11) is -3.75. The molecule has 0 bridgehead atoms. The average molecular weight is 488 g/mol. The lowest BCUT2D eigenvalue weighted by Gasteiger charge is -2.36. The number of carbonyl (C=O) groups excluding carboxylic acids is 1. The van der Waals surface area contributed by atoms with Crippen molar-refractivity contribution in [1.82, 2.24) is 14.9 Å². The lowest BCUT2D eigenvalue weighted by molar-refractivity contribution is -0.132. The average Bonchev–Trinajstić information content (AvgIpc) is 2.86. The van der Waals surface area contributed by atoms with Gasteiger partial charge < -0.3 is 14.5 Å². The van der Waals surface area contributed by atoms with E-state index in [0.29, 0.717) is 31.9 Å². The summed E-state index contributed by atoms with van der Waals surface area (Å²) in [5, 5.41) is 0. The summed E-state index contributed by atoms with van der Waals surface area (Å²) in [6.07, 6.45) is 2.96. The Morgan fingerprint density at radius 3 is 2.38 bits per heavy atom. The number of carbonyl (C=O) groups is 1. The van der Waals surface area contributed by atoms with E-state index in [1.54, 1.807) is 29.2 Å².